The van der Waals surface area contributed by atoms with Crippen LogP contribution in [-0.2, 0) is 4.79 Å². The van der Waals surface area contributed by atoms with Crippen LogP contribution in [0.25, 0.3) is 10.8 Å². The maximum atomic E-state index is 12.0. The van der Waals surface area contributed by atoms with Crippen molar-refractivity contribution in [1.29, 1.82) is 0 Å². The zero-order valence-electron chi connectivity index (χ0n) is 15.9. The highest BCUT2D eigenvalue weighted by Crippen LogP contribution is 2.45. The molecule has 0 amide bonds. The minimum absolute atomic E-state index is 0.260. The molecule has 0 radical (unpaired) electrons. The van der Waals surface area contributed by atoms with E-state index in [1.807, 2.05) is 60.7 Å². The van der Waals surface area contributed by atoms with Gasteiger partial charge >= 0.3 is 5.97 Å². The number of benzene rings is 4. The minimum Gasteiger partial charge on any atom is -0.457 e. The third kappa shape index (κ3) is 4.29. The molecule has 4 nitrogen and oxygen atoms in total. The fraction of sp³-hybridized carbons (Fsp3) is 0. The van der Waals surface area contributed by atoms with Gasteiger partial charge in [-0.3, -0.25) is 0 Å². The Bertz CT molecular complexity index is 1200. The maximum absolute atomic E-state index is 12.0. The summed E-state index contributed by atoms with van der Waals surface area (Å²) in [6, 6.07) is 25.5. The van der Waals surface area contributed by atoms with Crippen molar-refractivity contribution < 1.29 is 19.0 Å². The third-order valence-electron chi connectivity index (χ3n) is 4.29. The van der Waals surface area contributed by atoms with Crippen molar-refractivity contribution in [3.05, 3.63) is 103 Å². The fourth-order valence-electron chi connectivity index (χ4n) is 2.95. The molecular weight excluding hydrogens is 400 g/mol. The molecular formula is C25H17ClO4. The average Bonchev–Trinajstić information content (AvgIpc) is 2.77. The van der Waals surface area contributed by atoms with Crippen LogP contribution in [0.15, 0.2) is 97.6 Å². The van der Waals surface area contributed by atoms with Crippen LogP contribution in [0.2, 0.25) is 5.02 Å². The quantitative estimate of drug-likeness (QED) is 0.190. The molecule has 0 aliphatic rings. The lowest BCUT2D eigenvalue weighted by Crippen LogP contribution is -2.05. The molecule has 0 bridgehead atoms. The second kappa shape index (κ2) is 8.72. The molecule has 0 fully saturated rings. The lowest BCUT2D eigenvalue weighted by atomic mass is 10.1. The molecule has 4 aromatic carbocycles. The standard InChI is InChI=1S/C25H17ClO4/c1-2-24(27)30-25-20-14-13-17(26)15-21(20)22(28-18-9-5-3-6-10-18)16-23(25)29-19-11-7-4-8-12-19/h2-16H,1H2. The average molecular weight is 417 g/mol. The number of rotatable bonds is 6. The van der Waals surface area contributed by atoms with Gasteiger partial charge in [-0.2, -0.15) is 0 Å². The Kier molecular flexibility index (Phi) is 5.68. The lowest BCUT2D eigenvalue weighted by Gasteiger charge is -2.17. The second-order valence-electron chi connectivity index (χ2n) is 6.35. The SMILES string of the molecule is C=CC(=O)Oc1c(Oc2ccccc2)cc(Oc2ccccc2)c2cc(Cl)ccc12. The van der Waals surface area contributed by atoms with Crippen molar-refractivity contribution >= 4 is 28.3 Å². The first-order chi connectivity index (χ1) is 14.6. The van der Waals surface area contributed by atoms with Gasteiger partial charge in [-0.25, -0.2) is 4.79 Å². The van der Waals surface area contributed by atoms with Crippen LogP contribution in [-0.4, -0.2) is 5.97 Å². The van der Waals surface area contributed by atoms with Gasteiger partial charge in [0.15, 0.2) is 11.5 Å². The van der Waals surface area contributed by atoms with Gasteiger partial charge in [-0.05, 0) is 42.5 Å². The van der Waals surface area contributed by atoms with E-state index in [4.69, 9.17) is 25.8 Å². The van der Waals surface area contributed by atoms with Gasteiger partial charge in [0.25, 0.3) is 0 Å². The zero-order valence-corrected chi connectivity index (χ0v) is 16.6. The highest BCUT2D eigenvalue weighted by Gasteiger charge is 2.19. The molecule has 0 heterocycles. The fourth-order valence-corrected chi connectivity index (χ4v) is 3.12. The van der Waals surface area contributed by atoms with Gasteiger partial charge in [-0.15, -0.1) is 0 Å². The van der Waals surface area contributed by atoms with E-state index >= 15 is 0 Å². The minimum atomic E-state index is -0.596. The molecule has 5 heteroatoms. The van der Waals surface area contributed by atoms with Gasteiger partial charge in [0.1, 0.15) is 17.2 Å². The summed E-state index contributed by atoms with van der Waals surface area (Å²) in [6.07, 6.45) is 1.10. The summed E-state index contributed by atoms with van der Waals surface area (Å²) >= 11 is 6.24. The Hall–Kier alpha value is -3.76. The van der Waals surface area contributed by atoms with Gasteiger partial charge in [0, 0.05) is 27.9 Å². The number of fused-ring (bicyclic) bond motifs is 1. The molecule has 0 saturated heterocycles. The van der Waals surface area contributed by atoms with E-state index in [9.17, 15) is 4.79 Å². The number of ether oxygens (including phenoxy) is 3. The first-order valence-electron chi connectivity index (χ1n) is 9.20. The van der Waals surface area contributed by atoms with E-state index in [0.29, 0.717) is 38.8 Å². The van der Waals surface area contributed by atoms with Gasteiger partial charge < -0.3 is 14.2 Å². The predicted molar refractivity (Wildman–Crippen MR) is 118 cm³/mol. The Morgan fingerprint density at radius 1 is 0.767 bits per heavy atom. The Morgan fingerprint density at radius 2 is 1.37 bits per heavy atom. The van der Waals surface area contributed by atoms with Crippen LogP contribution in [0.3, 0.4) is 0 Å². The van der Waals surface area contributed by atoms with Crippen LogP contribution in [0.1, 0.15) is 0 Å². The number of halogens is 1. The summed E-state index contributed by atoms with van der Waals surface area (Å²) in [4.78, 5) is 12.0. The molecule has 0 atom stereocenters. The first kappa shape index (κ1) is 19.6. The smallest absolute Gasteiger partial charge is 0.335 e. The summed E-state index contributed by atoms with van der Waals surface area (Å²) < 4.78 is 17.7. The summed E-state index contributed by atoms with van der Waals surface area (Å²) in [5.74, 6) is 1.75. The van der Waals surface area contributed by atoms with Gasteiger partial charge in [0.2, 0.25) is 0 Å². The van der Waals surface area contributed by atoms with Crippen molar-refractivity contribution in [3.8, 4) is 28.7 Å². The number of esters is 1. The predicted octanol–water partition coefficient (Wildman–Crippen LogP) is 7.17. The monoisotopic (exact) mass is 416 g/mol. The van der Waals surface area contributed by atoms with E-state index in [-0.39, 0.29) is 5.75 Å². The number of carbonyl (C=O) groups is 1. The van der Waals surface area contributed by atoms with Crippen molar-refractivity contribution in [1.82, 2.24) is 0 Å². The van der Waals surface area contributed by atoms with Crippen LogP contribution >= 0.6 is 11.6 Å². The molecule has 0 N–H and O–H groups in total. The highest BCUT2D eigenvalue weighted by molar-refractivity contribution is 6.31. The van der Waals surface area contributed by atoms with Crippen LogP contribution in [0.4, 0.5) is 0 Å². The third-order valence-corrected chi connectivity index (χ3v) is 4.52. The summed E-state index contributed by atoms with van der Waals surface area (Å²) in [5.41, 5.74) is 0. The molecule has 0 spiro atoms. The first-order valence-corrected chi connectivity index (χ1v) is 9.58. The van der Waals surface area contributed by atoms with Crippen LogP contribution < -0.4 is 14.2 Å². The Morgan fingerprint density at radius 3 is 1.97 bits per heavy atom. The van der Waals surface area contributed by atoms with Crippen molar-refractivity contribution in [2.45, 2.75) is 0 Å². The van der Waals surface area contributed by atoms with E-state index in [2.05, 4.69) is 6.58 Å². The molecule has 4 aromatic rings. The van der Waals surface area contributed by atoms with E-state index in [1.165, 1.54) is 0 Å². The van der Waals surface area contributed by atoms with Gasteiger partial charge in [-0.1, -0.05) is 54.6 Å². The molecule has 0 aromatic heterocycles. The Labute approximate surface area is 178 Å². The lowest BCUT2D eigenvalue weighted by molar-refractivity contribution is -0.128. The zero-order chi connectivity index (χ0) is 20.9. The molecule has 0 aliphatic heterocycles. The number of hydrogen-bond donors (Lipinski definition) is 0. The number of hydrogen-bond acceptors (Lipinski definition) is 4. The molecule has 30 heavy (non-hydrogen) atoms. The normalized spacial score (nSPS) is 10.4. The largest absolute Gasteiger partial charge is 0.457 e. The summed E-state index contributed by atoms with van der Waals surface area (Å²) in [5, 5.41) is 1.82. The van der Waals surface area contributed by atoms with Crippen molar-refractivity contribution in [2.75, 3.05) is 0 Å². The molecule has 0 unspecified atom stereocenters. The summed E-state index contributed by atoms with van der Waals surface area (Å²) in [7, 11) is 0. The van der Waals surface area contributed by atoms with Crippen LogP contribution in [0.5, 0.6) is 28.7 Å². The maximum Gasteiger partial charge on any atom is 0.335 e. The second-order valence-corrected chi connectivity index (χ2v) is 6.78. The highest BCUT2D eigenvalue weighted by atomic mass is 35.5. The van der Waals surface area contributed by atoms with Crippen molar-refractivity contribution in [3.63, 3.8) is 0 Å². The van der Waals surface area contributed by atoms with Crippen molar-refractivity contribution in [2.24, 2.45) is 0 Å². The Balaban J connectivity index is 1.91. The molecule has 4 rings (SSSR count). The molecule has 148 valence electrons. The number of carbonyl (C=O) groups excluding carboxylic acids is 1. The molecule has 0 saturated carbocycles. The van der Waals surface area contributed by atoms with Gasteiger partial charge in [0.05, 0.1) is 0 Å². The summed E-state index contributed by atoms with van der Waals surface area (Å²) in [6.45, 7) is 3.48. The molecule has 0 aliphatic carbocycles. The van der Waals surface area contributed by atoms with E-state index in [0.717, 1.165) is 6.08 Å². The van der Waals surface area contributed by atoms with Crippen LogP contribution in [0, 0.1) is 0 Å². The van der Waals surface area contributed by atoms with E-state index < -0.39 is 5.97 Å². The topological polar surface area (TPSA) is 44.8 Å². The van der Waals surface area contributed by atoms with E-state index in [1.54, 1.807) is 24.3 Å². The number of para-hydroxylation sites is 2.